The van der Waals surface area contributed by atoms with Gasteiger partial charge in [0.15, 0.2) is 5.16 Å². The van der Waals surface area contributed by atoms with Gasteiger partial charge in [0.2, 0.25) is 0 Å². The molecule has 2 heterocycles. The SMILES string of the molecule is COC(=O)c1ccc(N)c(Sc2nc3ccccc3[nH]2)n1. The number of nitrogens with zero attached hydrogens (tertiary/aromatic N) is 2. The summed E-state index contributed by atoms with van der Waals surface area (Å²) in [4.78, 5) is 23.3. The van der Waals surface area contributed by atoms with Crippen molar-refractivity contribution in [3.05, 3.63) is 42.1 Å². The molecule has 7 heteroatoms. The number of esters is 1. The second-order valence-corrected chi connectivity index (χ2v) is 5.22. The van der Waals surface area contributed by atoms with E-state index in [1.807, 2.05) is 24.3 Å². The molecule has 1 aromatic carbocycles. The number of nitrogens with two attached hydrogens (primary N) is 1. The highest BCUT2D eigenvalue weighted by molar-refractivity contribution is 7.99. The number of pyridine rings is 1. The van der Waals surface area contributed by atoms with Crippen molar-refractivity contribution in [2.24, 2.45) is 0 Å². The van der Waals surface area contributed by atoms with Crippen LogP contribution < -0.4 is 5.73 Å². The molecule has 0 radical (unpaired) electrons. The molecule has 6 nitrogen and oxygen atoms in total. The van der Waals surface area contributed by atoms with E-state index in [0.29, 0.717) is 15.9 Å². The molecule has 3 aromatic rings. The maximum Gasteiger partial charge on any atom is 0.356 e. The minimum atomic E-state index is -0.499. The van der Waals surface area contributed by atoms with Gasteiger partial charge in [-0.3, -0.25) is 0 Å². The summed E-state index contributed by atoms with van der Waals surface area (Å²) >= 11 is 1.27. The largest absolute Gasteiger partial charge is 0.464 e. The fourth-order valence-corrected chi connectivity index (χ4v) is 2.64. The molecule has 3 rings (SSSR count). The van der Waals surface area contributed by atoms with Crippen LogP contribution in [0.25, 0.3) is 11.0 Å². The van der Waals surface area contributed by atoms with Gasteiger partial charge in [-0.15, -0.1) is 0 Å². The molecule has 21 heavy (non-hydrogen) atoms. The summed E-state index contributed by atoms with van der Waals surface area (Å²) in [5.41, 5.74) is 8.39. The number of carbonyl (C=O) groups excluding carboxylic acids is 1. The topological polar surface area (TPSA) is 93.9 Å². The van der Waals surface area contributed by atoms with Crippen LogP contribution in [0, 0.1) is 0 Å². The highest BCUT2D eigenvalue weighted by atomic mass is 32.2. The molecular weight excluding hydrogens is 288 g/mol. The fourth-order valence-electron chi connectivity index (χ4n) is 1.82. The number of benzene rings is 1. The third kappa shape index (κ3) is 2.68. The lowest BCUT2D eigenvalue weighted by Crippen LogP contribution is -2.06. The number of aromatic amines is 1. The quantitative estimate of drug-likeness (QED) is 0.722. The summed E-state index contributed by atoms with van der Waals surface area (Å²) in [5, 5.41) is 1.18. The normalized spacial score (nSPS) is 10.7. The van der Waals surface area contributed by atoms with Gasteiger partial charge in [-0.2, -0.15) is 0 Å². The summed E-state index contributed by atoms with van der Waals surface area (Å²) in [7, 11) is 1.31. The van der Waals surface area contributed by atoms with Gasteiger partial charge >= 0.3 is 5.97 Å². The first-order chi connectivity index (χ1) is 10.2. The Labute approximate surface area is 124 Å². The number of anilines is 1. The van der Waals surface area contributed by atoms with Crippen molar-refractivity contribution in [1.82, 2.24) is 15.0 Å². The van der Waals surface area contributed by atoms with Crippen molar-refractivity contribution >= 4 is 34.5 Å². The average molecular weight is 300 g/mol. The van der Waals surface area contributed by atoms with Gasteiger partial charge in [0.1, 0.15) is 10.7 Å². The van der Waals surface area contributed by atoms with E-state index in [1.165, 1.54) is 24.9 Å². The number of imidazole rings is 1. The van der Waals surface area contributed by atoms with Crippen LogP contribution >= 0.6 is 11.8 Å². The molecule has 0 atom stereocenters. The van der Waals surface area contributed by atoms with Crippen molar-refractivity contribution in [1.29, 1.82) is 0 Å². The standard InChI is InChI=1S/C14H12N4O2S/c1-20-13(19)11-7-6-8(15)12(16-11)21-14-17-9-4-2-3-5-10(9)18-14/h2-7H,15H2,1H3,(H,17,18). The zero-order valence-corrected chi connectivity index (χ0v) is 12.0. The Morgan fingerprint density at radius 2 is 2.05 bits per heavy atom. The number of ether oxygens (including phenoxy) is 1. The van der Waals surface area contributed by atoms with E-state index >= 15 is 0 Å². The number of carbonyl (C=O) groups is 1. The van der Waals surface area contributed by atoms with Crippen molar-refractivity contribution in [3.8, 4) is 0 Å². The Morgan fingerprint density at radius 1 is 1.24 bits per heavy atom. The van der Waals surface area contributed by atoms with E-state index in [4.69, 9.17) is 5.73 Å². The van der Waals surface area contributed by atoms with Crippen LogP contribution in [0.4, 0.5) is 5.69 Å². The number of aromatic nitrogens is 3. The number of fused-ring (bicyclic) bond motifs is 1. The van der Waals surface area contributed by atoms with Gasteiger partial charge in [0.25, 0.3) is 0 Å². The summed E-state index contributed by atoms with van der Waals surface area (Å²) in [6.45, 7) is 0. The summed E-state index contributed by atoms with van der Waals surface area (Å²) in [5.74, 6) is -0.499. The minimum absolute atomic E-state index is 0.213. The highest BCUT2D eigenvalue weighted by Crippen LogP contribution is 2.30. The number of methoxy groups -OCH3 is 1. The molecular formula is C14H12N4O2S. The molecule has 106 valence electrons. The monoisotopic (exact) mass is 300 g/mol. The molecule has 0 fully saturated rings. The molecule has 0 unspecified atom stereocenters. The Morgan fingerprint density at radius 3 is 2.81 bits per heavy atom. The van der Waals surface area contributed by atoms with Gasteiger partial charge < -0.3 is 15.5 Å². The lowest BCUT2D eigenvalue weighted by Gasteiger charge is -2.04. The second kappa shape index (κ2) is 5.45. The van der Waals surface area contributed by atoms with Crippen molar-refractivity contribution in [3.63, 3.8) is 0 Å². The first-order valence-corrected chi connectivity index (χ1v) is 6.96. The van der Waals surface area contributed by atoms with E-state index in [0.717, 1.165) is 11.0 Å². The van der Waals surface area contributed by atoms with Crippen molar-refractivity contribution in [2.45, 2.75) is 10.2 Å². The number of hydrogen-bond donors (Lipinski definition) is 2. The maximum absolute atomic E-state index is 11.5. The Hall–Kier alpha value is -2.54. The second-order valence-electron chi connectivity index (χ2n) is 4.24. The Kier molecular flexibility index (Phi) is 3.49. The molecule has 0 amide bonds. The van der Waals surface area contributed by atoms with Crippen LogP contribution in [0.2, 0.25) is 0 Å². The van der Waals surface area contributed by atoms with Gasteiger partial charge in [-0.1, -0.05) is 12.1 Å². The van der Waals surface area contributed by atoms with Crippen molar-refractivity contribution < 1.29 is 9.53 Å². The maximum atomic E-state index is 11.5. The van der Waals surface area contributed by atoms with Crippen LogP contribution in [0.5, 0.6) is 0 Å². The van der Waals surface area contributed by atoms with Gasteiger partial charge in [-0.25, -0.2) is 14.8 Å². The van der Waals surface area contributed by atoms with Crippen LogP contribution in [0.1, 0.15) is 10.5 Å². The molecule has 0 aliphatic heterocycles. The molecule has 0 aliphatic carbocycles. The molecule has 2 aromatic heterocycles. The summed E-state index contributed by atoms with van der Waals surface area (Å²) in [6, 6.07) is 10.9. The number of H-pyrrole nitrogens is 1. The van der Waals surface area contributed by atoms with Crippen LogP contribution in [-0.2, 0) is 4.74 Å². The predicted octanol–water partition coefficient (Wildman–Crippen LogP) is 2.48. The highest BCUT2D eigenvalue weighted by Gasteiger charge is 2.13. The summed E-state index contributed by atoms with van der Waals surface area (Å²) in [6.07, 6.45) is 0. The molecule has 0 saturated carbocycles. The zero-order valence-electron chi connectivity index (χ0n) is 11.2. The number of nitrogen functional groups attached to an aromatic ring is 1. The van der Waals surface area contributed by atoms with Gasteiger partial charge in [0.05, 0.1) is 23.8 Å². The number of nitrogens with one attached hydrogen (secondary N) is 1. The molecule has 0 bridgehead atoms. The van der Waals surface area contributed by atoms with E-state index in [2.05, 4.69) is 19.7 Å². The number of rotatable bonds is 3. The van der Waals surface area contributed by atoms with Crippen molar-refractivity contribution in [2.75, 3.05) is 12.8 Å². The van der Waals surface area contributed by atoms with E-state index in [1.54, 1.807) is 6.07 Å². The molecule has 0 spiro atoms. The molecule has 3 N–H and O–H groups in total. The smallest absolute Gasteiger partial charge is 0.356 e. The lowest BCUT2D eigenvalue weighted by molar-refractivity contribution is 0.0593. The van der Waals surface area contributed by atoms with E-state index in [-0.39, 0.29) is 5.69 Å². The van der Waals surface area contributed by atoms with Crippen LogP contribution in [0.15, 0.2) is 46.6 Å². The molecule has 0 saturated heterocycles. The van der Waals surface area contributed by atoms with E-state index in [9.17, 15) is 4.79 Å². The zero-order chi connectivity index (χ0) is 14.8. The third-order valence-corrected chi connectivity index (χ3v) is 3.75. The first kappa shape index (κ1) is 13.4. The average Bonchev–Trinajstić information content (AvgIpc) is 2.91. The predicted molar refractivity (Wildman–Crippen MR) is 80.2 cm³/mol. The van der Waals surface area contributed by atoms with Gasteiger partial charge in [-0.05, 0) is 36.0 Å². The minimum Gasteiger partial charge on any atom is -0.464 e. The van der Waals surface area contributed by atoms with Crippen LogP contribution in [0.3, 0.4) is 0 Å². The van der Waals surface area contributed by atoms with Crippen LogP contribution in [-0.4, -0.2) is 28.0 Å². The molecule has 0 aliphatic rings. The number of para-hydroxylation sites is 2. The lowest BCUT2D eigenvalue weighted by atomic mass is 10.3. The Bertz CT molecular complexity index is 783. The Balaban J connectivity index is 1.94. The third-order valence-electron chi connectivity index (χ3n) is 2.85. The summed E-state index contributed by atoms with van der Waals surface area (Å²) < 4.78 is 4.65. The number of hydrogen-bond acceptors (Lipinski definition) is 6. The van der Waals surface area contributed by atoms with Gasteiger partial charge in [0, 0.05) is 0 Å². The van der Waals surface area contributed by atoms with E-state index < -0.39 is 5.97 Å². The fraction of sp³-hybridized carbons (Fsp3) is 0.0714. The first-order valence-electron chi connectivity index (χ1n) is 6.15.